The molecular weight excluding hydrogens is 248 g/mol. The number of hydrogen-bond donors (Lipinski definition) is 1. The number of methoxy groups -OCH3 is 1. The second-order valence-electron chi connectivity index (χ2n) is 4.96. The van der Waals surface area contributed by atoms with Crippen molar-refractivity contribution in [1.82, 2.24) is 0 Å². The van der Waals surface area contributed by atoms with Crippen molar-refractivity contribution in [3.8, 4) is 5.75 Å². The summed E-state index contributed by atoms with van der Waals surface area (Å²) >= 11 is 1.65. The van der Waals surface area contributed by atoms with E-state index in [4.69, 9.17) is 4.74 Å². The molecule has 1 heterocycles. The average Bonchev–Trinajstić information content (AvgIpc) is 2.76. The van der Waals surface area contributed by atoms with Gasteiger partial charge in [0, 0.05) is 10.1 Å². The monoisotopic (exact) mass is 264 g/mol. The number of carboxylic acid groups (broad SMARTS) is 1. The Morgan fingerprint density at radius 1 is 1.39 bits per heavy atom. The van der Waals surface area contributed by atoms with Gasteiger partial charge in [-0.1, -0.05) is 6.07 Å². The smallest absolute Gasteiger partial charge is 0.309 e. The molecule has 0 saturated heterocycles. The molecule has 1 aromatic heterocycles. The van der Waals surface area contributed by atoms with E-state index < -0.39 is 11.4 Å². The van der Waals surface area contributed by atoms with Gasteiger partial charge >= 0.3 is 5.97 Å². The Kier molecular flexibility index (Phi) is 3.30. The Morgan fingerprint density at radius 2 is 2.11 bits per heavy atom. The minimum absolute atomic E-state index is 0.456. The Labute approximate surface area is 110 Å². The van der Waals surface area contributed by atoms with E-state index in [0.29, 0.717) is 6.42 Å². The highest BCUT2D eigenvalue weighted by molar-refractivity contribution is 7.17. The van der Waals surface area contributed by atoms with E-state index in [0.717, 1.165) is 21.4 Å². The standard InChI is InChI=1S/C14H16O3S/c1-14(2,13(15)16)8-9-4-5-11-10(6-7-18-11)12(9)17-3/h4-7H,8H2,1-3H3,(H,15,16). The minimum atomic E-state index is -0.796. The highest BCUT2D eigenvalue weighted by atomic mass is 32.1. The van der Waals surface area contributed by atoms with Crippen LogP contribution in [-0.2, 0) is 11.2 Å². The fraction of sp³-hybridized carbons (Fsp3) is 0.357. The molecule has 0 amide bonds. The average molecular weight is 264 g/mol. The molecule has 0 aliphatic rings. The highest BCUT2D eigenvalue weighted by Crippen LogP contribution is 2.36. The van der Waals surface area contributed by atoms with Crippen molar-refractivity contribution >= 4 is 27.4 Å². The lowest BCUT2D eigenvalue weighted by Gasteiger charge is -2.20. The lowest BCUT2D eigenvalue weighted by atomic mass is 9.85. The Morgan fingerprint density at radius 3 is 2.72 bits per heavy atom. The molecule has 18 heavy (non-hydrogen) atoms. The summed E-state index contributed by atoms with van der Waals surface area (Å²) in [4.78, 5) is 11.2. The van der Waals surface area contributed by atoms with Gasteiger partial charge in [-0.2, -0.15) is 0 Å². The summed E-state index contributed by atoms with van der Waals surface area (Å²) in [5.74, 6) is -0.00181. The van der Waals surface area contributed by atoms with Gasteiger partial charge in [-0.3, -0.25) is 4.79 Å². The molecule has 0 aliphatic carbocycles. The van der Waals surface area contributed by atoms with Gasteiger partial charge in [0.05, 0.1) is 12.5 Å². The lowest BCUT2D eigenvalue weighted by molar-refractivity contribution is -0.146. The number of fused-ring (bicyclic) bond motifs is 1. The molecule has 0 aliphatic heterocycles. The van der Waals surface area contributed by atoms with E-state index in [1.54, 1.807) is 32.3 Å². The predicted molar refractivity (Wildman–Crippen MR) is 73.5 cm³/mol. The summed E-state index contributed by atoms with van der Waals surface area (Å²) in [6.45, 7) is 3.46. The predicted octanol–water partition coefficient (Wildman–Crippen LogP) is 3.56. The van der Waals surface area contributed by atoms with E-state index in [9.17, 15) is 9.90 Å². The summed E-state index contributed by atoms with van der Waals surface area (Å²) in [5.41, 5.74) is 0.146. The normalized spacial score (nSPS) is 11.7. The largest absolute Gasteiger partial charge is 0.496 e. The van der Waals surface area contributed by atoms with Crippen molar-refractivity contribution in [3.05, 3.63) is 29.1 Å². The van der Waals surface area contributed by atoms with Gasteiger partial charge in [0.2, 0.25) is 0 Å². The van der Waals surface area contributed by atoms with Crippen LogP contribution in [0.5, 0.6) is 5.75 Å². The third kappa shape index (κ3) is 2.20. The molecule has 0 saturated carbocycles. The molecule has 0 unspecified atom stereocenters. The maximum Gasteiger partial charge on any atom is 0.309 e. The number of rotatable bonds is 4. The molecular formula is C14H16O3S. The van der Waals surface area contributed by atoms with Gasteiger partial charge in [-0.05, 0) is 43.3 Å². The number of thiophene rings is 1. The summed E-state index contributed by atoms with van der Waals surface area (Å²) in [7, 11) is 1.63. The maximum absolute atomic E-state index is 11.2. The molecule has 2 rings (SSSR count). The second-order valence-corrected chi connectivity index (χ2v) is 5.90. The first kappa shape index (κ1) is 12.9. The number of carboxylic acids is 1. The van der Waals surface area contributed by atoms with Crippen LogP contribution in [0.15, 0.2) is 23.6 Å². The van der Waals surface area contributed by atoms with Gasteiger partial charge < -0.3 is 9.84 Å². The van der Waals surface area contributed by atoms with Gasteiger partial charge in [-0.15, -0.1) is 11.3 Å². The molecule has 96 valence electrons. The number of hydrogen-bond acceptors (Lipinski definition) is 3. The maximum atomic E-state index is 11.2. The van der Waals surface area contributed by atoms with Crippen LogP contribution in [0.2, 0.25) is 0 Å². The first-order valence-corrected chi connectivity index (χ1v) is 6.60. The van der Waals surface area contributed by atoms with Crippen LogP contribution in [0.4, 0.5) is 0 Å². The van der Waals surface area contributed by atoms with Crippen LogP contribution < -0.4 is 4.74 Å². The van der Waals surface area contributed by atoms with Crippen molar-refractivity contribution in [1.29, 1.82) is 0 Å². The first-order valence-electron chi connectivity index (χ1n) is 5.72. The molecule has 1 N–H and O–H groups in total. The molecule has 1 aromatic carbocycles. The summed E-state index contributed by atoms with van der Waals surface area (Å²) in [6.07, 6.45) is 0.456. The number of benzene rings is 1. The fourth-order valence-corrected chi connectivity index (χ4v) is 2.78. The third-order valence-corrected chi connectivity index (χ3v) is 3.96. The lowest BCUT2D eigenvalue weighted by Crippen LogP contribution is -2.26. The van der Waals surface area contributed by atoms with Crippen molar-refractivity contribution in [3.63, 3.8) is 0 Å². The van der Waals surface area contributed by atoms with Gasteiger partial charge in [0.25, 0.3) is 0 Å². The Bertz CT molecular complexity index is 584. The zero-order chi connectivity index (χ0) is 13.3. The van der Waals surface area contributed by atoms with E-state index >= 15 is 0 Å². The zero-order valence-electron chi connectivity index (χ0n) is 10.7. The molecule has 0 radical (unpaired) electrons. The SMILES string of the molecule is COc1c(CC(C)(C)C(=O)O)ccc2sccc12. The molecule has 4 heteroatoms. The van der Waals surface area contributed by atoms with Crippen LogP contribution in [0.1, 0.15) is 19.4 Å². The van der Waals surface area contributed by atoms with Gasteiger partial charge in [0.1, 0.15) is 5.75 Å². The van der Waals surface area contributed by atoms with E-state index in [-0.39, 0.29) is 0 Å². The number of ether oxygens (including phenoxy) is 1. The topological polar surface area (TPSA) is 46.5 Å². The van der Waals surface area contributed by atoms with E-state index in [2.05, 4.69) is 0 Å². The van der Waals surface area contributed by atoms with Crippen molar-refractivity contribution in [2.75, 3.05) is 7.11 Å². The van der Waals surface area contributed by atoms with Crippen molar-refractivity contribution in [2.24, 2.45) is 5.41 Å². The van der Waals surface area contributed by atoms with Gasteiger partial charge in [-0.25, -0.2) is 0 Å². The molecule has 0 spiro atoms. The number of carbonyl (C=O) groups is 1. The summed E-state index contributed by atoms with van der Waals surface area (Å²) in [6, 6.07) is 5.99. The highest BCUT2D eigenvalue weighted by Gasteiger charge is 2.29. The Balaban J connectivity index is 2.48. The minimum Gasteiger partial charge on any atom is -0.496 e. The first-order chi connectivity index (χ1) is 8.45. The van der Waals surface area contributed by atoms with Crippen LogP contribution in [0.25, 0.3) is 10.1 Å². The molecule has 0 atom stereocenters. The van der Waals surface area contributed by atoms with E-state index in [1.165, 1.54) is 0 Å². The zero-order valence-corrected chi connectivity index (χ0v) is 11.5. The quantitative estimate of drug-likeness (QED) is 0.918. The van der Waals surface area contributed by atoms with Crippen LogP contribution in [-0.4, -0.2) is 18.2 Å². The molecule has 3 nitrogen and oxygen atoms in total. The van der Waals surface area contributed by atoms with Crippen LogP contribution >= 0.6 is 11.3 Å². The van der Waals surface area contributed by atoms with Crippen LogP contribution in [0.3, 0.4) is 0 Å². The van der Waals surface area contributed by atoms with Crippen LogP contribution in [0, 0.1) is 5.41 Å². The summed E-state index contributed by atoms with van der Waals surface area (Å²) < 4.78 is 6.61. The van der Waals surface area contributed by atoms with Crippen molar-refractivity contribution in [2.45, 2.75) is 20.3 Å². The van der Waals surface area contributed by atoms with E-state index in [1.807, 2.05) is 23.6 Å². The van der Waals surface area contributed by atoms with Gasteiger partial charge in [0.15, 0.2) is 0 Å². The number of aliphatic carboxylic acids is 1. The third-order valence-electron chi connectivity index (χ3n) is 3.08. The molecule has 0 bridgehead atoms. The second kappa shape index (κ2) is 4.61. The molecule has 0 fully saturated rings. The molecule has 2 aromatic rings. The summed E-state index contributed by atoms with van der Waals surface area (Å²) in [5, 5.41) is 12.3. The Hall–Kier alpha value is -1.55. The fourth-order valence-electron chi connectivity index (χ4n) is 1.99. The van der Waals surface area contributed by atoms with Crippen molar-refractivity contribution < 1.29 is 14.6 Å².